The van der Waals surface area contributed by atoms with Gasteiger partial charge in [-0.2, -0.15) is 5.10 Å². The highest BCUT2D eigenvalue weighted by atomic mass is 35.5. The molecular formula is C20H16ClN5O4. The summed E-state index contributed by atoms with van der Waals surface area (Å²) >= 11 is 6.18. The Morgan fingerprint density at radius 3 is 2.27 bits per heavy atom. The summed E-state index contributed by atoms with van der Waals surface area (Å²) in [5.41, 5.74) is 4.51. The molecule has 3 aromatic carbocycles. The zero-order chi connectivity index (χ0) is 21.7. The number of benzene rings is 3. The zero-order valence-corrected chi connectivity index (χ0v) is 16.5. The van der Waals surface area contributed by atoms with E-state index in [9.17, 15) is 20.2 Å². The van der Waals surface area contributed by atoms with Crippen molar-refractivity contribution in [2.24, 2.45) is 5.10 Å². The molecule has 0 aliphatic carbocycles. The smallest absolute Gasteiger partial charge is 0.301 e. The summed E-state index contributed by atoms with van der Waals surface area (Å²) in [6.07, 6.45) is 0. The number of anilines is 2. The van der Waals surface area contributed by atoms with Gasteiger partial charge in [0.15, 0.2) is 0 Å². The molecule has 0 radical (unpaired) electrons. The van der Waals surface area contributed by atoms with E-state index in [2.05, 4.69) is 15.8 Å². The Labute approximate surface area is 176 Å². The largest absolute Gasteiger partial charge is 0.388 e. The molecule has 0 saturated carbocycles. The lowest BCUT2D eigenvalue weighted by molar-refractivity contribution is -0.393. The van der Waals surface area contributed by atoms with E-state index >= 15 is 0 Å². The summed E-state index contributed by atoms with van der Waals surface area (Å²) in [6, 6.07) is 17.8. The van der Waals surface area contributed by atoms with Crippen molar-refractivity contribution < 1.29 is 9.85 Å². The van der Waals surface area contributed by atoms with Crippen molar-refractivity contribution in [3.05, 3.63) is 103 Å². The fourth-order valence-corrected chi connectivity index (χ4v) is 2.97. The maximum Gasteiger partial charge on any atom is 0.301 e. The van der Waals surface area contributed by atoms with Crippen molar-refractivity contribution in [1.82, 2.24) is 0 Å². The number of hydrazone groups is 1. The molecular weight excluding hydrogens is 410 g/mol. The number of hydrogen-bond acceptors (Lipinski definition) is 7. The highest BCUT2D eigenvalue weighted by molar-refractivity contribution is 6.31. The van der Waals surface area contributed by atoms with Crippen molar-refractivity contribution in [2.45, 2.75) is 0 Å². The molecule has 0 heterocycles. The van der Waals surface area contributed by atoms with Crippen LogP contribution in [0.15, 0.2) is 71.8 Å². The maximum atomic E-state index is 11.4. The first-order chi connectivity index (χ1) is 14.4. The standard InChI is InChI=1S/C20H16ClN5O4/c1-22-17-9-7-14(21)11-16(17)20(13-5-3-2-4-6-13)24-23-18-10-8-15(25(27)28)12-19(18)26(29)30/h2-12,22-23H,1H3/b24-20-. The van der Waals surface area contributed by atoms with Crippen LogP contribution in [0.5, 0.6) is 0 Å². The van der Waals surface area contributed by atoms with Crippen LogP contribution < -0.4 is 10.7 Å². The fraction of sp³-hybridized carbons (Fsp3) is 0.0500. The highest BCUT2D eigenvalue weighted by Gasteiger charge is 2.20. The summed E-state index contributed by atoms with van der Waals surface area (Å²) in [6.45, 7) is 0. The minimum Gasteiger partial charge on any atom is -0.388 e. The number of non-ortho nitro benzene ring substituents is 1. The topological polar surface area (TPSA) is 123 Å². The molecule has 0 aromatic heterocycles. The number of nitro benzene ring substituents is 2. The van der Waals surface area contributed by atoms with Crippen molar-refractivity contribution >= 4 is 40.1 Å². The third-order valence-electron chi connectivity index (χ3n) is 4.23. The second kappa shape index (κ2) is 9.01. The molecule has 0 fully saturated rings. The van der Waals surface area contributed by atoms with Gasteiger partial charge in [-0.3, -0.25) is 25.7 Å². The zero-order valence-electron chi connectivity index (χ0n) is 15.7. The van der Waals surface area contributed by atoms with Gasteiger partial charge in [0.05, 0.1) is 21.6 Å². The van der Waals surface area contributed by atoms with E-state index in [1.54, 1.807) is 25.2 Å². The number of nitrogens with one attached hydrogen (secondary N) is 2. The Hall–Kier alpha value is -3.98. The molecule has 152 valence electrons. The second-order valence-corrected chi connectivity index (χ2v) is 6.53. The van der Waals surface area contributed by atoms with Crippen LogP contribution in [-0.2, 0) is 0 Å². The maximum absolute atomic E-state index is 11.4. The van der Waals surface area contributed by atoms with Crippen LogP contribution >= 0.6 is 11.6 Å². The quantitative estimate of drug-likeness (QED) is 0.309. The Bertz CT molecular complexity index is 1140. The average molecular weight is 426 g/mol. The van der Waals surface area contributed by atoms with Crippen molar-refractivity contribution in [2.75, 3.05) is 17.8 Å². The Morgan fingerprint density at radius 2 is 1.63 bits per heavy atom. The van der Waals surface area contributed by atoms with Crippen LogP contribution in [0, 0.1) is 20.2 Å². The monoisotopic (exact) mass is 425 g/mol. The van der Waals surface area contributed by atoms with E-state index in [-0.39, 0.29) is 11.4 Å². The molecule has 0 unspecified atom stereocenters. The average Bonchev–Trinajstić information content (AvgIpc) is 2.74. The molecule has 0 aliphatic heterocycles. The molecule has 9 nitrogen and oxygen atoms in total. The number of rotatable bonds is 7. The van der Waals surface area contributed by atoms with E-state index in [1.165, 1.54) is 12.1 Å². The first-order valence-corrected chi connectivity index (χ1v) is 9.08. The van der Waals surface area contributed by atoms with E-state index in [0.717, 1.165) is 17.3 Å². The molecule has 3 aromatic rings. The van der Waals surface area contributed by atoms with Gasteiger partial charge in [-0.05, 0) is 24.3 Å². The van der Waals surface area contributed by atoms with E-state index in [1.807, 2.05) is 30.3 Å². The van der Waals surface area contributed by atoms with Crippen LogP contribution in [0.2, 0.25) is 5.02 Å². The van der Waals surface area contributed by atoms with Crippen LogP contribution in [0.4, 0.5) is 22.7 Å². The van der Waals surface area contributed by atoms with Gasteiger partial charge in [-0.15, -0.1) is 0 Å². The minimum atomic E-state index is -0.703. The van der Waals surface area contributed by atoms with Gasteiger partial charge >= 0.3 is 5.69 Å². The summed E-state index contributed by atoms with van der Waals surface area (Å²) < 4.78 is 0. The van der Waals surface area contributed by atoms with Gasteiger partial charge < -0.3 is 5.32 Å². The third kappa shape index (κ3) is 4.53. The number of halogens is 1. The minimum absolute atomic E-state index is 0.0204. The van der Waals surface area contributed by atoms with Crippen molar-refractivity contribution in [3.63, 3.8) is 0 Å². The van der Waals surface area contributed by atoms with Gasteiger partial charge in [0.25, 0.3) is 5.69 Å². The summed E-state index contributed by atoms with van der Waals surface area (Å²) in [5.74, 6) is 0. The van der Waals surface area contributed by atoms with Gasteiger partial charge in [0.1, 0.15) is 5.69 Å². The Kier molecular flexibility index (Phi) is 6.23. The molecule has 0 saturated heterocycles. The SMILES string of the molecule is CNc1ccc(Cl)cc1/C(=N\Nc1ccc([N+](=O)[O-])cc1[N+](=O)[O-])c1ccccc1. The summed E-state index contributed by atoms with van der Waals surface area (Å²) in [4.78, 5) is 20.9. The molecule has 0 atom stereocenters. The molecule has 0 bridgehead atoms. The Morgan fingerprint density at radius 1 is 0.933 bits per heavy atom. The van der Waals surface area contributed by atoms with Crippen LogP contribution in [0.1, 0.15) is 11.1 Å². The molecule has 0 spiro atoms. The summed E-state index contributed by atoms with van der Waals surface area (Å²) in [7, 11) is 1.75. The summed E-state index contributed by atoms with van der Waals surface area (Å²) in [5, 5.41) is 30.3. The predicted octanol–water partition coefficient (Wildman–Crippen LogP) is 5.06. The predicted molar refractivity (Wildman–Crippen MR) is 116 cm³/mol. The normalized spacial score (nSPS) is 11.1. The molecule has 0 aliphatic rings. The molecule has 2 N–H and O–H groups in total. The number of hydrogen-bond donors (Lipinski definition) is 2. The molecule has 3 rings (SSSR count). The van der Waals surface area contributed by atoms with E-state index in [4.69, 9.17) is 11.6 Å². The third-order valence-corrected chi connectivity index (χ3v) is 4.47. The van der Waals surface area contributed by atoms with Crippen molar-refractivity contribution in [1.29, 1.82) is 0 Å². The van der Waals surface area contributed by atoms with Crippen LogP contribution in [-0.4, -0.2) is 22.6 Å². The van der Waals surface area contributed by atoms with Crippen LogP contribution in [0.25, 0.3) is 0 Å². The van der Waals surface area contributed by atoms with Gasteiger partial charge in [-0.25, -0.2) is 0 Å². The number of nitro groups is 2. The first-order valence-electron chi connectivity index (χ1n) is 8.70. The lowest BCUT2D eigenvalue weighted by Gasteiger charge is -2.13. The van der Waals surface area contributed by atoms with E-state index in [0.29, 0.717) is 16.3 Å². The van der Waals surface area contributed by atoms with Gasteiger partial charge in [0, 0.05) is 35.0 Å². The lowest BCUT2D eigenvalue weighted by atomic mass is 10.0. The second-order valence-electron chi connectivity index (χ2n) is 6.09. The number of nitrogens with zero attached hydrogens (tertiary/aromatic N) is 3. The highest BCUT2D eigenvalue weighted by Crippen LogP contribution is 2.30. The molecule has 30 heavy (non-hydrogen) atoms. The van der Waals surface area contributed by atoms with E-state index < -0.39 is 15.5 Å². The van der Waals surface area contributed by atoms with Crippen molar-refractivity contribution in [3.8, 4) is 0 Å². The van der Waals surface area contributed by atoms with Crippen LogP contribution in [0.3, 0.4) is 0 Å². The Balaban J connectivity index is 2.12. The lowest BCUT2D eigenvalue weighted by Crippen LogP contribution is -2.10. The fourth-order valence-electron chi connectivity index (χ4n) is 2.80. The first kappa shape index (κ1) is 20.7. The van der Waals surface area contributed by atoms with Gasteiger partial charge in [-0.1, -0.05) is 41.9 Å². The molecule has 10 heteroatoms. The van der Waals surface area contributed by atoms with Gasteiger partial charge in [0.2, 0.25) is 0 Å². The molecule has 0 amide bonds.